The van der Waals surface area contributed by atoms with Crippen LogP contribution in [0.25, 0.3) is 0 Å². The van der Waals surface area contributed by atoms with Crippen LogP contribution in [0.2, 0.25) is 0 Å². The van der Waals surface area contributed by atoms with E-state index in [4.69, 9.17) is 5.73 Å². The van der Waals surface area contributed by atoms with Gasteiger partial charge in [0.05, 0.1) is 5.75 Å². The second-order valence-electron chi connectivity index (χ2n) is 4.24. The lowest BCUT2D eigenvalue weighted by Gasteiger charge is -2.24. The maximum Gasteiger partial charge on any atom is 0.230 e. The highest BCUT2D eigenvalue weighted by atomic mass is 32.2. The van der Waals surface area contributed by atoms with Gasteiger partial charge in [0.15, 0.2) is 0 Å². The Morgan fingerprint density at radius 3 is 2.56 bits per heavy atom. The van der Waals surface area contributed by atoms with E-state index in [0.29, 0.717) is 12.3 Å². The molecule has 1 aromatic rings. The number of carbonyl (C=O) groups excluding carboxylic acids is 1. The van der Waals surface area contributed by atoms with E-state index in [-0.39, 0.29) is 11.4 Å². The quantitative estimate of drug-likeness (QED) is 0.767. The average molecular weight is 238 g/mol. The van der Waals surface area contributed by atoms with E-state index in [1.165, 1.54) is 11.8 Å². The number of carbonyl (C=O) groups is 1. The molecule has 1 aromatic carbocycles. The maximum atomic E-state index is 11.6. The third-order valence-electron chi connectivity index (χ3n) is 2.10. The van der Waals surface area contributed by atoms with Gasteiger partial charge in [0, 0.05) is 17.0 Å². The molecule has 0 radical (unpaired) electrons. The molecular weight excluding hydrogens is 220 g/mol. The van der Waals surface area contributed by atoms with Crippen molar-refractivity contribution in [3.63, 3.8) is 0 Å². The Bertz CT molecular complexity index is 338. The van der Waals surface area contributed by atoms with E-state index in [9.17, 15) is 4.79 Å². The molecule has 0 aliphatic rings. The van der Waals surface area contributed by atoms with Crippen molar-refractivity contribution in [1.29, 1.82) is 0 Å². The van der Waals surface area contributed by atoms with E-state index >= 15 is 0 Å². The van der Waals surface area contributed by atoms with Gasteiger partial charge in [0.1, 0.15) is 0 Å². The number of rotatable bonds is 5. The lowest BCUT2D eigenvalue weighted by molar-refractivity contribution is -0.120. The molecule has 0 saturated heterocycles. The molecular formula is C12H18N2OS. The van der Waals surface area contributed by atoms with Crippen molar-refractivity contribution in [3.05, 3.63) is 30.3 Å². The third kappa shape index (κ3) is 4.68. The molecule has 88 valence electrons. The minimum atomic E-state index is -0.325. The predicted octanol–water partition coefficient (Wildman–Crippen LogP) is 1.63. The van der Waals surface area contributed by atoms with Crippen LogP contribution < -0.4 is 11.1 Å². The highest BCUT2D eigenvalue weighted by Gasteiger charge is 2.17. The molecule has 0 bridgehead atoms. The smallest absolute Gasteiger partial charge is 0.230 e. The normalized spacial score (nSPS) is 11.2. The summed E-state index contributed by atoms with van der Waals surface area (Å²) in [5, 5.41) is 2.89. The van der Waals surface area contributed by atoms with Gasteiger partial charge in [-0.15, -0.1) is 11.8 Å². The summed E-state index contributed by atoms with van der Waals surface area (Å²) in [7, 11) is 0. The third-order valence-corrected chi connectivity index (χ3v) is 3.11. The van der Waals surface area contributed by atoms with E-state index in [0.717, 1.165) is 4.90 Å². The first-order valence-corrected chi connectivity index (χ1v) is 6.21. The molecule has 0 spiro atoms. The Hall–Kier alpha value is -1.00. The topological polar surface area (TPSA) is 55.1 Å². The highest BCUT2D eigenvalue weighted by molar-refractivity contribution is 8.00. The van der Waals surface area contributed by atoms with E-state index in [1.807, 2.05) is 44.2 Å². The van der Waals surface area contributed by atoms with Crippen LogP contribution in [-0.2, 0) is 4.79 Å². The fourth-order valence-electron chi connectivity index (χ4n) is 1.13. The lowest BCUT2D eigenvalue weighted by Crippen LogP contribution is -2.49. The summed E-state index contributed by atoms with van der Waals surface area (Å²) >= 11 is 1.53. The second kappa shape index (κ2) is 5.92. The Morgan fingerprint density at radius 2 is 2.00 bits per heavy atom. The Labute approximate surface area is 101 Å². The van der Waals surface area contributed by atoms with E-state index < -0.39 is 0 Å². The first-order chi connectivity index (χ1) is 7.53. The molecule has 0 atom stereocenters. The van der Waals surface area contributed by atoms with Crippen LogP contribution >= 0.6 is 11.8 Å². The van der Waals surface area contributed by atoms with Gasteiger partial charge in [0.2, 0.25) is 5.91 Å². The largest absolute Gasteiger partial charge is 0.349 e. The van der Waals surface area contributed by atoms with E-state index in [1.54, 1.807) is 0 Å². The fourth-order valence-corrected chi connectivity index (χ4v) is 1.85. The fraction of sp³-hybridized carbons (Fsp3) is 0.417. The van der Waals surface area contributed by atoms with Crippen molar-refractivity contribution < 1.29 is 4.79 Å². The second-order valence-corrected chi connectivity index (χ2v) is 5.29. The number of benzene rings is 1. The zero-order chi connectivity index (χ0) is 12.0. The standard InChI is InChI=1S/C12H18N2OS/c1-12(2,9-13)14-11(15)8-16-10-6-4-3-5-7-10/h3-7H,8-9,13H2,1-2H3,(H,14,15). The Kier molecular flexibility index (Phi) is 4.83. The SMILES string of the molecule is CC(C)(CN)NC(=O)CSc1ccccc1. The molecule has 1 amide bonds. The van der Waals surface area contributed by atoms with Crippen molar-refractivity contribution >= 4 is 17.7 Å². The highest BCUT2D eigenvalue weighted by Crippen LogP contribution is 2.16. The first kappa shape index (κ1) is 13.1. The van der Waals surface area contributed by atoms with Crippen LogP contribution in [0.5, 0.6) is 0 Å². The van der Waals surface area contributed by atoms with Crippen LogP contribution in [0, 0.1) is 0 Å². The molecule has 0 unspecified atom stereocenters. The molecule has 4 heteroatoms. The van der Waals surface area contributed by atoms with Gasteiger partial charge in [-0.3, -0.25) is 4.79 Å². The summed E-state index contributed by atoms with van der Waals surface area (Å²) < 4.78 is 0. The molecule has 1 rings (SSSR count). The number of amides is 1. The van der Waals surface area contributed by atoms with Crippen molar-refractivity contribution in [2.75, 3.05) is 12.3 Å². The molecule has 0 heterocycles. The number of hydrogen-bond acceptors (Lipinski definition) is 3. The zero-order valence-corrected chi connectivity index (χ0v) is 10.5. The van der Waals surface area contributed by atoms with Gasteiger partial charge in [0.25, 0.3) is 0 Å². The number of nitrogens with two attached hydrogens (primary N) is 1. The van der Waals surface area contributed by atoms with Crippen molar-refractivity contribution in [2.24, 2.45) is 5.73 Å². The van der Waals surface area contributed by atoms with Gasteiger partial charge in [-0.05, 0) is 26.0 Å². The van der Waals surface area contributed by atoms with Crippen LogP contribution in [0.15, 0.2) is 35.2 Å². The molecule has 16 heavy (non-hydrogen) atoms. The van der Waals surface area contributed by atoms with Gasteiger partial charge in [-0.2, -0.15) is 0 Å². The molecule has 0 aliphatic heterocycles. The molecule has 0 aliphatic carbocycles. The Balaban J connectivity index is 2.36. The van der Waals surface area contributed by atoms with Crippen molar-refractivity contribution in [3.8, 4) is 0 Å². The van der Waals surface area contributed by atoms with Gasteiger partial charge < -0.3 is 11.1 Å². The molecule has 3 N–H and O–H groups in total. The summed E-state index contributed by atoms with van der Waals surface area (Å²) in [6.07, 6.45) is 0. The molecule has 0 saturated carbocycles. The monoisotopic (exact) mass is 238 g/mol. The number of thioether (sulfide) groups is 1. The molecule has 0 aromatic heterocycles. The summed E-state index contributed by atoms with van der Waals surface area (Å²) in [4.78, 5) is 12.7. The summed E-state index contributed by atoms with van der Waals surface area (Å²) in [6, 6.07) is 9.87. The van der Waals surface area contributed by atoms with Crippen LogP contribution in [-0.4, -0.2) is 23.7 Å². The van der Waals surface area contributed by atoms with Gasteiger partial charge in [-0.1, -0.05) is 18.2 Å². The van der Waals surface area contributed by atoms with E-state index in [2.05, 4.69) is 5.32 Å². The van der Waals surface area contributed by atoms with Gasteiger partial charge >= 0.3 is 0 Å². The lowest BCUT2D eigenvalue weighted by atomic mass is 10.1. The minimum Gasteiger partial charge on any atom is -0.349 e. The number of nitrogens with one attached hydrogen (secondary N) is 1. The minimum absolute atomic E-state index is 0.0179. The summed E-state index contributed by atoms with van der Waals surface area (Å²) in [6.45, 7) is 4.27. The number of hydrogen-bond donors (Lipinski definition) is 2. The first-order valence-electron chi connectivity index (χ1n) is 5.22. The van der Waals surface area contributed by atoms with Crippen LogP contribution in [0.1, 0.15) is 13.8 Å². The van der Waals surface area contributed by atoms with Crippen molar-refractivity contribution in [2.45, 2.75) is 24.3 Å². The summed E-state index contributed by atoms with van der Waals surface area (Å²) in [5.41, 5.74) is 5.22. The zero-order valence-electron chi connectivity index (χ0n) is 9.69. The maximum absolute atomic E-state index is 11.6. The van der Waals surface area contributed by atoms with Crippen LogP contribution in [0.3, 0.4) is 0 Å². The predicted molar refractivity (Wildman–Crippen MR) is 68.4 cm³/mol. The molecule has 0 fully saturated rings. The van der Waals surface area contributed by atoms with Crippen LogP contribution in [0.4, 0.5) is 0 Å². The van der Waals surface area contributed by atoms with Crippen molar-refractivity contribution in [1.82, 2.24) is 5.32 Å². The average Bonchev–Trinajstić information content (AvgIpc) is 2.27. The molecule has 3 nitrogen and oxygen atoms in total. The Morgan fingerprint density at radius 1 is 1.38 bits per heavy atom. The van der Waals surface area contributed by atoms with Gasteiger partial charge in [-0.25, -0.2) is 0 Å². The summed E-state index contributed by atoms with van der Waals surface area (Å²) in [5.74, 6) is 0.442.